The number of allylic oxidation sites excluding steroid dienone is 1. The van der Waals surface area contributed by atoms with E-state index in [4.69, 9.17) is 0 Å². The molecule has 1 aliphatic heterocycles. The van der Waals surface area contributed by atoms with Gasteiger partial charge >= 0.3 is 0 Å². The maximum atomic E-state index is 13.0. The number of carbonyl (C=O) groups excluding carboxylic acids is 3. The molecule has 1 heterocycles. The molecule has 5 nitrogen and oxygen atoms in total. The molecule has 0 radical (unpaired) electrons. The van der Waals surface area contributed by atoms with Crippen molar-refractivity contribution in [2.45, 2.75) is 38.6 Å². The summed E-state index contributed by atoms with van der Waals surface area (Å²) in [6.07, 6.45) is 3.97. The quantitative estimate of drug-likeness (QED) is 0.526. The number of hydrogen-bond acceptors (Lipinski definition) is 3. The summed E-state index contributed by atoms with van der Waals surface area (Å²) in [4.78, 5) is 40.5. The normalized spacial score (nSPS) is 15.1. The van der Waals surface area contributed by atoms with Crippen LogP contribution in [0.15, 0.2) is 65.7 Å². The Hall–Kier alpha value is -2.73. The van der Waals surface area contributed by atoms with Gasteiger partial charge in [-0.05, 0) is 62.4 Å². The summed E-state index contributed by atoms with van der Waals surface area (Å²) in [6, 6.07) is 14.1. The van der Waals surface area contributed by atoms with Gasteiger partial charge in [0.1, 0.15) is 0 Å². The summed E-state index contributed by atoms with van der Waals surface area (Å²) < 4.78 is 0.866. The predicted molar refractivity (Wildman–Crippen MR) is 130 cm³/mol. The summed E-state index contributed by atoms with van der Waals surface area (Å²) in [5.41, 5.74) is 2.18. The molecule has 168 valence electrons. The molecular formula is C26H29BrN2O3. The van der Waals surface area contributed by atoms with Crippen LogP contribution < -0.4 is 5.32 Å². The van der Waals surface area contributed by atoms with Crippen molar-refractivity contribution in [2.24, 2.45) is 5.92 Å². The van der Waals surface area contributed by atoms with Crippen LogP contribution in [-0.4, -0.2) is 41.6 Å². The van der Waals surface area contributed by atoms with Crippen molar-refractivity contribution in [2.75, 3.05) is 13.1 Å². The highest BCUT2D eigenvalue weighted by Crippen LogP contribution is 2.25. The number of ketones is 1. The lowest BCUT2D eigenvalue weighted by atomic mass is 9.85. The molecule has 3 rings (SSSR count). The fourth-order valence-corrected chi connectivity index (χ4v) is 4.51. The SMILES string of the molecule is C=CCCC(=O)C(NC(=O)c1cccc(C)c1)C1CCN(C(=O)c2cccc(Br)c2)CC1. The number of benzene rings is 2. The minimum Gasteiger partial charge on any atom is -0.342 e. The predicted octanol–water partition coefficient (Wildman–Crippen LogP) is 4.94. The first-order valence-electron chi connectivity index (χ1n) is 10.9. The Morgan fingerprint density at radius 3 is 2.47 bits per heavy atom. The second-order valence-electron chi connectivity index (χ2n) is 8.25. The second kappa shape index (κ2) is 11.2. The van der Waals surface area contributed by atoms with E-state index in [-0.39, 0.29) is 23.5 Å². The summed E-state index contributed by atoms with van der Waals surface area (Å²) in [5.74, 6) is -0.239. The van der Waals surface area contributed by atoms with E-state index in [1.54, 1.807) is 12.1 Å². The topological polar surface area (TPSA) is 66.5 Å². The highest BCUT2D eigenvalue weighted by molar-refractivity contribution is 9.10. The van der Waals surface area contributed by atoms with Crippen LogP contribution in [0.4, 0.5) is 0 Å². The van der Waals surface area contributed by atoms with E-state index in [2.05, 4.69) is 27.8 Å². The zero-order valence-electron chi connectivity index (χ0n) is 18.4. The molecule has 1 N–H and O–H groups in total. The van der Waals surface area contributed by atoms with E-state index < -0.39 is 6.04 Å². The molecule has 1 aliphatic rings. The molecule has 1 fully saturated rings. The fraction of sp³-hybridized carbons (Fsp3) is 0.346. The van der Waals surface area contributed by atoms with Crippen LogP contribution in [0.5, 0.6) is 0 Å². The van der Waals surface area contributed by atoms with Crippen molar-refractivity contribution in [3.8, 4) is 0 Å². The zero-order chi connectivity index (χ0) is 23.1. The lowest BCUT2D eigenvalue weighted by Gasteiger charge is -2.36. The van der Waals surface area contributed by atoms with Crippen molar-refractivity contribution in [1.82, 2.24) is 10.2 Å². The van der Waals surface area contributed by atoms with Crippen molar-refractivity contribution in [3.63, 3.8) is 0 Å². The summed E-state index contributed by atoms with van der Waals surface area (Å²) >= 11 is 3.41. The molecule has 32 heavy (non-hydrogen) atoms. The van der Waals surface area contributed by atoms with Gasteiger partial charge < -0.3 is 10.2 Å². The van der Waals surface area contributed by atoms with Crippen LogP contribution in [0.1, 0.15) is 52.0 Å². The van der Waals surface area contributed by atoms with Crippen LogP contribution >= 0.6 is 15.9 Å². The largest absolute Gasteiger partial charge is 0.342 e. The average Bonchev–Trinajstić information content (AvgIpc) is 2.80. The molecule has 1 unspecified atom stereocenters. The maximum Gasteiger partial charge on any atom is 0.253 e. The Balaban J connectivity index is 1.69. The Kier molecular flexibility index (Phi) is 8.39. The minimum atomic E-state index is -0.564. The number of likely N-dealkylation sites (tertiary alicyclic amines) is 1. The smallest absolute Gasteiger partial charge is 0.253 e. The Bertz CT molecular complexity index is 996. The van der Waals surface area contributed by atoms with E-state index in [0.717, 1.165) is 10.0 Å². The molecule has 0 aromatic heterocycles. The fourth-order valence-electron chi connectivity index (χ4n) is 4.11. The Morgan fingerprint density at radius 1 is 1.12 bits per heavy atom. The average molecular weight is 497 g/mol. The van der Waals surface area contributed by atoms with E-state index in [1.807, 2.05) is 54.3 Å². The van der Waals surface area contributed by atoms with Crippen LogP contribution in [0.2, 0.25) is 0 Å². The summed E-state index contributed by atoms with van der Waals surface area (Å²) in [6.45, 7) is 6.75. The van der Waals surface area contributed by atoms with Gasteiger partial charge in [0.2, 0.25) is 0 Å². The van der Waals surface area contributed by atoms with Crippen molar-refractivity contribution >= 4 is 33.5 Å². The Labute approximate surface area is 198 Å². The number of nitrogens with one attached hydrogen (secondary N) is 1. The third-order valence-electron chi connectivity index (χ3n) is 5.88. The monoisotopic (exact) mass is 496 g/mol. The molecule has 0 spiro atoms. The van der Waals surface area contributed by atoms with Crippen molar-refractivity contribution in [1.29, 1.82) is 0 Å². The molecule has 0 aliphatic carbocycles. The summed E-state index contributed by atoms with van der Waals surface area (Å²) in [5, 5.41) is 2.99. The lowest BCUT2D eigenvalue weighted by Crippen LogP contribution is -2.50. The summed E-state index contributed by atoms with van der Waals surface area (Å²) in [7, 11) is 0. The molecule has 2 aromatic carbocycles. The highest BCUT2D eigenvalue weighted by Gasteiger charge is 2.33. The van der Waals surface area contributed by atoms with Gasteiger partial charge in [0, 0.05) is 35.1 Å². The molecular weight excluding hydrogens is 468 g/mol. The van der Waals surface area contributed by atoms with Gasteiger partial charge in [0.25, 0.3) is 11.8 Å². The molecule has 0 bridgehead atoms. The number of nitrogens with zero attached hydrogens (tertiary/aromatic N) is 1. The minimum absolute atomic E-state index is 0.00682. The maximum absolute atomic E-state index is 13.0. The standard InChI is InChI=1S/C26H29BrN2O3/c1-3-4-11-23(30)24(28-25(31)20-8-5-7-18(2)16-20)19-12-14-29(15-13-19)26(32)21-9-6-10-22(27)17-21/h3,5-10,16-17,19,24H,1,4,11-15H2,2H3,(H,28,31). The molecule has 2 amide bonds. The first kappa shape index (κ1) is 23.9. The van der Waals surface area contributed by atoms with Crippen molar-refractivity contribution < 1.29 is 14.4 Å². The molecule has 6 heteroatoms. The first-order valence-corrected chi connectivity index (χ1v) is 11.7. The van der Waals surface area contributed by atoms with E-state index in [0.29, 0.717) is 49.9 Å². The van der Waals surface area contributed by atoms with Gasteiger partial charge in [-0.1, -0.05) is 45.8 Å². The van der Waals surface area contributed by atoms with E-state index in [1.165, 1.54) is 0 Å². The van der Waals surface area contributed by atoms with Crippen molar-refractivity contribution in [3.05, 3.63) is 82.3 Å². The van der Waals surface area contributed by atoms with Gasteiger partial charge in [-0.25, -0.2) is 0 Å². The number of carbonyl (C=O) groups is 3. The molecule has 1 atom stereocenters. The number of Topliss-reactive ketones (excluding diaryl/α,β-unsaturated/α-hetero) is 1. The zero-order valence-corrected chi connectivity index (χ0v) is 19.9. The lowest BCUT2D eigenvalue weighted by molar-refractivity contribution is -0.122. The van der Waals surface area contributed by atoms with Crippen LogP contribution in [0, 0.1) is 12.8 Å². The number of amides is 2. The van der Waals surface area contributed by atoms with Gasteiger partial charge in [-0.3, -0.25) is 14.4 Å². The highest BCUT2D eigenvalue weighted by atomic mass is 79.9. The van der Waals surface area contributed by atoms with E-state index in [9.17, 15) is 14.4 Å². The third kappa shape index (κ3) is 6.16. The molecule has 2 aromatic rings. The number of hydrogen-bond donors (Lipinski definition) is 1. The van der Waals surface area contributed by atoms with Crippen LogP contribution in [0.25, 0.3) is 0 Å². The van der Waals surface area contributed by atoms with Crippen LogP contribution in [0.3, 0.4) is 0 Å². The number of piperidine rings is 1. The number of halogens is 1. The number of rotatable bonds is 8. The third-order valence-corrected chi connectivity index (χ3v) is 6.37. The first-order chi connectivity index (χ1) is 15.4. The van der Waals surface area contributed by atoms with Gasteiger partial charge in [-0.15, -0.1) is 6.58 Å². The van der Waals surface area contributed by atoms with Gasteiger partial charge in [0.05, 0.1) is 6.04 Å². The van der Waals surface area contributed by atoms with Crippen LogP contribution in [-0.2, 0) is 4.79 Å². The second-order valence-corrected chi connectivity index (χ2v) is 9.17. The molecule has 1 saturated heterocycles. The van der Waals surface area contributed by atoms with E-state index >= 15 is 0 Å². The van der Waals surface area contributed by atoms with Gasteiger partial charge in [-0.2, -0.15) is 0 Å². The molecule has 0 saturated carbocycles. The Morgan fingerprint density at radius 2 is 1.81 bits per heavy atom. The number of aryl methyl sites for hydroxylation is 1. The van der Waals surface area contributed by atoms with Gasteiger partial charge in [0.15, 0.2) is 5.78 Å².